The lowest BCUT2D eigenvalue weighted by molar-refractivity contribution is -0.00699. The fourth-order valence-electron chi connectivity index (χ4n) is 4.65. The molecule has 0 heterocycles. The third kappa shape index (κ3) is 2.11. The van der Waals surface area contributed by atoms with Crippen LogP contribution in [0.15, 0.2) is 42.0 Å². The number of fused-ring (bicyclic) bond motifs is 1. The van der Waals surface area contributed by atoms with Gasteiger partial charge in [-0.3, -0.25) is 0 Å². The van der Waals surface area contributed by atoms with Gasteiger partial charge in [0.15, 0.2) is 0 Å². The number of nitrogens with one attached hydrogen (secondary N) is 1. The lowest BCUT2D eigenvalue weighted by atomic mass is 9.81. The number of carbonyl (C=O) groups is 1. The van der Waals surface area contributed by atoms with E-state index in [-0.39, 0.29) is 11.5 Å². The Morgan fingerprint density at radius 1 is 1.29 bits per heavy atom. The lowest BCUT2D eigenvalue weighted by Crippen LogP contribution is -2.45. The highest BCUT2D eigenvalue weighted by Crippen LogP contribution is 2.57. The molecular formula is C18H21NO2. The number of benzene rings is 1. The molecule has 0 amide bonds. The van der Waals surface area contributed by atoms with Gasteiger partial charge in [0.05, 0.1) is 11.1 Å². The Morgan fingerprint density at radius 3 is 2.90 bits per heavy atom. The summed E-state index contributed by atoms with van der Waals surface area (Å²) < 4.78 is 0. The second-order valence-corrected chi connectivity index (χ2v) is 6.96. The minimum Gasteiger partial charge on any atom is -0.366 e. The molecule has 2 saturated carbocycles. The summed E-state index contributed by atoms with van der Waals surface area (Å²) in [5.74, 6) is 1.96. The summed E-state index contributed by atoms with van der Waals surface area (Å²) in [7, 11) is 0. The van der Waals surface area contributed by atoms with E-state index in [1.807, 2.05) is 18.2 Å². The van der Waals surface area contributed by atoms with Crippen molar-refractivity contribution in [2.75, 3.05) is 0 Å². The van der Waals surface area contributed by atoms with Gasteiger partial charge in [-0.05, 0) is 55.6 Å². The number of rotatable bonds is 3. The van der Waals surface area contributed by atoms with Crippen LogP contribution in [-0.4, -0.2) is 11.5 Å². The summed E-state index contributed by atoms with van der Waals surface area (Å²) in [5.41, 5.74) is 5.36. The highest BCUT2D eigenvalue weighted by molar-refractivity contribution is 5.89. The van der Waals surface area contributed by atoms with E-state index in [2.05, 4.69) is 18.5 Å². The third-order valence-corrected chi connectivity index (χ3v) is 5.58. The van der Waals surface area contributed by atoms with E-state index in [0.29, 0.717) is 5.56 Å². The van der Waals surface area contributed by atoms with E-state index in [1.165, 1.54) is 6.42 Å². The van der Waals surface area contributed by atoms with Crippen LogP contribution in [0.25, 0.3) is 0 Å². The second kappa shape index (κ2) is 4.70. The van der Waals surface area contributed by atoms with E-state index >= 15 is 0 Å². The molecule has 21 heavy (non-hydrogen) atoms. The summed E-state index contributed by atoms with van der Waals surface area (Å²) in [4.78, 5) is 17.5. The van der Waals surface area contributed by atoms with Crippen LogP contribution >= 0.6 is 0 Å². The van der Waals surface area contributed by atoms with E-state index < -0.39 is 0 Å². The molecule has 110 valence electrons. The van der Waals surface area contributed by atoms with Crippen LogP contribution in [0.5, 0.6) is 0 Å². The molecule has 3 aliphatic rings. The van der Waals surface area contributed by atoms with Gasteiger partial charge in [0.1, 0.15) is 0 Å². The summed E-state index contributed by atoms with van der Waals surface area (Å²) in [6.07, 6.45) is 6.93. The Bertz CT molecular complexity index is 594. The summed E-state index contributed by atoms with van der Waals surface area (Å²) >= 11 is 0. The molecule has 2 bridgehead atoms. The van der Waals surface area contributed by atoms with Gasteiger partial charge in [-0.15, -0.1) is 5.48 Å². The average molecular weight is 283 g/mol. The van der Waals surface area contributed by atoms with Crippen molar-refractivity contribution in [3.05, 3.63) is 47.5 Å². The first-order chi connectivity index (χ1) is 10.2. The van der Waals surface area contributed by atoms with Gasteiger partial charge in [0, 0.05) is 0 Å². The Labute approximate surface area is 125 Å². The molecule has 4 atom stereocenters. The molecule has 1 aromatic rings. The Balaban J connectivity index is 1.45. The molecular weight excluding hydrogens is 262 g/mol. The average Bonchev–Trinajstić information content (AvgIpc) is 2.94. The second-order valence-electron chi connectivity index (χ2n) is 6.96. The van der Waals surface area contributed by atoms with Crippen LogP contribution in [0.2, 0.25) is 0 Å². The molecule has 1 unspecified atom stereocenters. The molecule has 0 saturated heterocycles. The standard InChI is InChI=1S/C18H21NO2/c1-12-9-14-10-18(8-7-15(12)16(14)11-18)19-21-17(20)13-5-3-2-4-6-13/h2-7,12,14,16,19H,8-11H2,1H3/t12-,14+,16?,18-/m1/s1. The van der Waals surface area contributed by atoms with Crippen molar-refractivity contribution in [3.8, 4) is 0 Å². The monoisotopic (exact) mass is 283 g/mol. The van der Waals surface area contributed by atoms with Crippen molar-refractivity contribution in [2.45, 2.75) is 38.1 Å². The number of carbonyl (C=O) groups excluding carboxylic acids is 1. The lowest BCUT2D eigenvalue weighted by Gasteiger charge is -2.33. The molecule has 2 fully saturated rings. The van der Waals surface area contributed by atoms with Crippen molar-refractivity contribution < 1.29 is 9.63 Å². The summed E-state index contributed by atoms with van der Waals surface area (Å²) in [5, 5.41) is 0. The van der Waals surface area contributed by atoms with Gasteiger partial charge in [-0.1, -0.05) is 36.8 Å². The van der Waals surface area contributed by atoms with Crippen LogP contribution in [0.3, 0.4) is 0 Å². The summed E-state index contributed by atoms with van der Waals surface area (Å²) in [6.45, 7) is 2.35. The van der Waals surface area contributed by atoms with E-state index in [1.54, 1.807) is 17.7 Å². The fourth-order valence-corrected chi connectivity index (χ4v) is 4.65. The molecule has 0 radical (unpaired) electrons. The van der Waals surface area contributed by atoms with Crippen molar-refractivity contribution >= 4 is 5.97 Å². The van der Waals surface area contributed by atoms with Gasteiger partial charge >= 0.3 is 5.97 Å². The maximum atomic E-state index is 12.1. The highest BCUT2D eigenvalue weighted by atomic mass is 16.7. The van der Waals surface area contributed by atoms with Crippen LogP contribution in [0, 0.1) is 17.8 Å². The molecule has 0 aromatic heterocycles. The normalized spacial score (nSPS) is 36.4. The van der Waals surface area contributed by atoms with Gasteiger partial charge in [-0.2, -0.15) is 0 Å². The molecule has 0 aliphatic heterocycles. The predicted molar refractivity (Wildman–Crippen MR) is 80.4 cm³/mol. The molecule has 3 aliphatic carbocycles. The Morgan fingerprint density at radius 2 is 2.10 bits per heavy atom. The Hall–Kier alpha value is -1.61. The molecule has 1 aromatic carbocycles. The van der Waals surface area contributed by atoms with Gasteiger partial charge in [0.25, 0.3) is 0 Å². The molecule has 3 nitrogen and oxygen atoms in total. The number of hydrogen-bond donors (Lipinski definition) is 1. The maximum absolute atomic E-state index is 12.1. The minimum atomic E-state index is -0.287. The van der Waals surface area contributed by atoms with Crippen LogP contribution < -0.4 is 5.48 Å². The third-order valence-electron chi connectivity index (χ3n) is 5.58. The molecule has 1 N–H and O–H groups in total. The first-order valence-corrected chi connectivity index (χ1v) is 7.90. The topological polar surface area (TPSA) is 38.3 Å². The zero-order valence-corrected chi connectivity index (χ0v) is 12.3. The largest absolute Gasteiger partial charge is 0.366 e. The molecule has 0 spiro atoms. The zero-order chi connectivity index (χ0) is 14.4. The van der Waals surface area contributed by atoms with Crippen LogP contribution in [-0.2, 0) is 4.84 Å². The number of hydrogen-bond acceptors (Lipinski definition) is 3. The van der Waals surface area contributed by atoms with Gasteiger partial charge in [-0.25, -0.2) is 4.79 Å². The van der Waals surface area contributed by atoms with Crippen molar-refractivity contribution in [3.63, 3.8) is 0 Å². The van der Waals surface area contributed by atoms with Crippen molar-refractivity contribution in [1.82, 2.24) is 5.48 Å². The van der Waals surface area contributed by atoms with Crippen LogP contribution in [0.4, 0.5) is 0 Å². The van der Waals surface area contributed by atoms with Gasteiger partial charge < -0.3 is 4.84 Å². The van der Waals surface area contributed by atoms with Gasteiger partial charge in [0.2, 0.25) is 0 Å². The first-order valence-electron chi connectivity index (χ1n) is 7.90. The molecule has 3 heteroatoms. The van der Waals surface area contributed by atoms with Crippen molar-refractivity contribution in [1.29, 1.82) is 0 Å². The van der Waals surface area contributed by atoms with Crippen molar-refractivity contribution in [2.24, 2.45) is 17.8 Å². The summed E-state index contributed by atoms with van der Waals surface area (Å²) in [6, 6.07) is 9.17. The maximum Gasteiger partial charge on any atom is 0.356 e. The number of hydroxylamine groups is 1. The quantitative estimate of drug-likeness (QED) is 0.681. The van der Waals surface area contributed by atoms with Crippen LogP contribution in [0.1, 0.15) is 43.0 Å². The fraction of sp³-hybridized carbons (Fsp3) is 0.500. The molecule has 4 rings (SSSR count). The van der Waals surface area contributed by atoms with E-state index in [9.17, 15) is 4.79 Å². The van der Waals surface area contributed by atoms with E-state index in [0.717, 1.165) is 37.0 Å². The first kappa shape index (κ1) is 13.1. The number of allylic oxidation sites excluding steroid dienone is 1. The predicted octanol–water partition coefficient (Wildman–Crippen LogP) is 3.48. The minimum absolute atomic E-state index is 0.0244. The smallest absolute Gasteiger partial charge is 0.356 e. The SMILES string of the molecule is C[C@@H]1C[C@H]2C[C@]3(NOC(=O)c4ccccc4)CC=C1C2C3. The van der Waals surface area contributed by atoms with E-state index in [4.69, 9.17) is 4.84 Å². The zero-order valence-electron chi connectivity index (χ0n) is 12.3. The Kier molecular flexibility index (Phi) is 2.93. The highest BCUT2D eigenvalue weighted by Gasteiger charge is 2.53.